The molecule has 0 saturated carbocycles. The fraction of sp³-hybridized carbons (Fsp3) is 0.125. The zero-order valence-electron chi connectivity index (χ0n) is 12.4. The van der Waals surface area contributed by atoms with Crippen LogP contribution in [0.15, 0.2) is 47.0 Å². The van der Waals surface area contributed by atoms with Crippen LogP contribution < -0.4 is 5.32 Å². The predicted octanol–water partition coefficient (Wildman–Crippen LogP) is 3.41. The number of nitrogens with one attached hydrogen (secondary N) is 1. The predicted molar refractivity (Wildman–Crippen MR) is 90.0 cm³/mol. The second-order valence-corrected chi connectivity index (χ2v) is 5.69. The molecule has 3 rings (SSSR count). The van der Waals surface area contributed by atoms with E-state index in [1.54, 1.807) is 30.5 Å². The average molecular weight is 363 g/mol. The minimum absolute atomic E-state index is 0.291. The molecular formula is C16H12Cl2N4O2. The highest BCUT2D eigenvalue weighted by Gasteiger charge is 2.12. The first-order valence-electron chi connectivity index (χ1n) is 7.10. The fourth-order valence-corrected chi connectivity index (χ4v) is 2.49. The number of hydrogen-bond donors (Lipinski definition) is 1. The summed E-state index contributed by atoms with van der Waals surface area (Å²) in [5.41, 5.74) is 0.967. The molecule has 0 fully saturated rings. The standard InChI is InChI=1S/C16H12Cl2N4O2/c17-10-4-5-11(12(18)9-10)15(23)20-8-6-14-21-22-16(24-14)13-3-1-2-7-19-13/h1-5,7,9H,6,8H2,(H,20,23). The third-order valence-electron chi connectivity index (χ3n) is 3.15. The second kappa shape index (κ2) is 7.42. The maximum absolute atomic E-state index is 12.1. The molecule has 0 spiro atoms. The van der Waals surface area contributed by atoms with Gasteiger partial charge in [-0.1, -0.05) is 29.3 Å². The smallest absolute Gasteiger partial charge is 0.266 e. The van der Waals surface area contributed by atoms with E-state index in [0.717, 1.165) is 0 Å². The number of nitrogens with zero attached hydrogens (tertiary/aromatic N) is 3. The Morgan fingerprint density at radius 2 is 2.04 bits per heavy atom. The number of carbonyl (C=O) groups excluding carboxylic acids is 1. The van der Waals surface area contributed by atoms with Gasteiger partial charge in [0.05, 0.1) is 10.6 Å². The van der Waals surface area contributed by atoms with E-state index >= 15 is 0 Å². The lowest BCUT2D eigenvalue weighted by Gasteiger charge is -2.05. The van der Waals surface area contributed by atoms with Crippen molar-refractivity contribution in [1.82, 2.24) is 20.5 Å². The molecule has 2 heterocycles. The molecule has 2 aromatic heterocycles. The Kier molecular flexibility index (Phi) is 5.08. The van der Waals surface area contributed by atoms with Gasteiger partial charge in [-0.05, 0) is 30.3 Å². The van der Waals surface area contributed by atoms with Gasteiger partial charge in [-0.15, -0.1) is 10.2 Å². The van der Waals surface area contributed by atoms with E-state index in [2.05, 4.69) is 20.5 Å². The summed E-state index contributed by atoms with van der Waals surface area (Å²) < 4.78 is 5.52. The number of halogens is 2. The van der Waals surface area contributed by atoms with Crippen LogP contribution in [0.4, 0.5) is 0 Å². The first-order chi connectivity index (χ1) is 11.6. The van der Waals surface area contributed by atoms with E-state index in [0.29, 0.717) is 46.0 Å². The zero-order chi connectivity index (χ0) is 16.9. The van der Waals surface area contributed by atoms with Gasteiger partial charge in [0.15, 0.2) is 0 Å². The molecule has 3 aromatic rings. The highest BCUT2D eigenvalue weighted by atomic mass is 35.5. The molecule has 0 saturated heterocycles. The van der Waals surface area contributed by atoms with Crippen LogP contribution in [0, 0.1) is 0 Å². The Hall–Kier alpha value is -2.44. The van der Waals surface area contributed by atoms with Crippen LogP contribution in [0.5, 0.6) is 0 Å². The fourth-order valence-electron chi connectivity index (χ4n) is 2.00. The summed E-state index contributed by atoms with van der Waals surface area (Å²) in [6, 6.07) is 10.1. The molecule has 0 radical (unpaired) electrons. The van der Waals surface area contributed by atoms with Crippen molar-refractivity contribution in [1.29, 1.82) is 0 Å². The summed E-state index contributed by atoms with van der Waals surface area (Å²) in [5.74, 6) is 0.469. The van der Waals surface area contributed by atoms with Crippen molar-refractivity contribution in [2.75, 3.05) is 6.54 Å². The van der Waals surface area contributed by atoms with Crippen LogP contribution in [0.25, 0.3) is 11.6 Å². The van der Waals surface area contributed by atoms with Crippen molar-refractivity contribution in [3.05, 3.63) is 64.1 Å². The van der Waals surface area contributed by atoms with Gasteiger partial charge in [0.25, 0.3) is 11.8 Å². The lowest BCUT2D eigenvalue weighted by molar-refractivity contribution is 0.0954. The lowest BCUT2D eigenvalue weighted by atomic mass is 10.2. The van der Waals surface area contributed by atoms with Gasteiger partial charge in [-0.3, -0.25) is 9.78 Å². The van der Waals surface area contributed by atoms with Crippen LogP contribution in [0.2, 0.25) is 10.0 Å². The Labute approximate surface area is 147 Å². The molecule has 0 aliphatic rings. The number of pyridine rings is 1. The monoisotopic (exact) mass is 362 g/mol. The van der Waals surface area contributed by atoms with Gasteiger partial charge in [0, 0.05) is 24.2 Å². The molecule has 1 aromatic carbocycles. The van der Waals surface area contributed by atoms with Crippen molar-refractivity contribution in [3.63, 3.8) is 0 Å². The van der Waals surface area contributed by atoms with Gasteiger partial charge in [0.1, 0.15) is 5.69 Å². The minimum Gasteiger partial charge on any atom is -0.419 e. The molecule has 0 atom stereocenters. The van der Waals surface area contributed by atoms with Crippen molar-refractivity contribution >= 4 is 29.1 Å². The molecule has 122 valence electrons. The van der Waals surface area contributed by atoms with Crippen LogP contribution in [0.1, 0.15) is 16.2 Å². The largest absolute Gasteiger partial charge is 0.419 e. The third-order valence-corrected chi connectivity index (χ3v) is 3.70. The van der Waals surface area contributed by atoms with E-state index in [1.165, 1.54) is 6.07 Å². The summed E-state index contributed by atoms with van der Waals surface area (Å²) in [6.07, 6.45) is 2.05. The molecule has 0 aliphatic carbocycles. The van der Waals surface area contributed by atoms with Gasteiger partial charge in [0.2, 0.25) is 5.89 Å². The number of amides is 1. The number of rotatable bonds is 5. The SMILES string of the molecule is O=C(NCCc1nnc(-c2ccccn2)o1)c1ccc(Cl)cc1Cl. The Bertz CT molecular complexity index is 852. The summed E-state index contributed by atoms with van der Waals surface area (Å²) >= 11 is 11.8. The Morgan fingerprint density at radius 1 is 1.17 bits per heavy atom. The van der Waals surface area contributed by atoms with Gasteiger partial charge < -0.3 is 9.73 Å². The second-order valence-electron chi connectivity index (χ2n) is 4.85. The topological polar surface area (TPSA) is 80.9 Å². The van der Waals surface area contributed by atoms with E-state index in [1.807, 2.05) is 6.07 Å². The molecule has 6 nitrogen and oxygen atoms in total. The highest BCUT2D eigenvalue weighted by molar-refractivity contribution is 6.36. The summed E-state index contributed by atoms with van der Waals surface area (Å²) in [6.45, 7) is 0.335. The average Bonchev–Trinajstić information content (AvgIpc) is 3.04. The first-order valence-corrected chi connectivity index (χ1v) is 7.86. The van der Waals surface area contributed by atoms with E-state index < -0.39 is 0 Å². The normalized spacial score (nSPS) is 10.6. The van der Waals surface area contributed by atoms with Crippen LogP contribution in [0.3, 0.4) is 0 Å². The van der Waals surface area contributed by atoms with Gasteiger partial charge >= 0.3 is 0 Å². The molecule has 8 heteroatoms. The molecular weight excluding hydrogens is 351 g/mol. The van der Waals surface area contributed by atoms with Crippen LogP contribution in [-0.4, -0.2) is 27.6 Å². The number of hydrogen-bond acceptors (Lipinski definition) is 5. The summed E-state index contributed by atoms with van der Waals surface area (Å²) in [4.78, 5) is 16.2. The Morgan fingerprint density at radius 3 is 2.79 bits per heavy atom. The van der Waals surface area contributed by atoms with Gasteiger partial charge in [-0.2, -0.15) is 0 Å². The lowest BCUT2D eigenvalue weighted by Crippen LogP contribution is -2.26. The molecule has 24 heavy (non-hydrogen) atoms. The number of aromatic nitrogens is 3. The molecule has 1 amide bonds. The van der Waals surface area contributed by atoms with Crippen molar-refractivity contribution in [2.24, 2.45) is 0 Å². The number of benzene rings is 1. The van der Waals surface area contributed by atoms with Crippen LogP contribution in [-0.2, 0) is 6.42 Å². The quantitative estimate of drug-likeness (QED) is 0.751. The van der Waals surface area contributed by atoms with Gasteiger partial charge in [-0.25, -0.2) is 0 Å². The first kappa shape index (κ1) is 16.4. The third kappa shape index (κ3) is 3.90. The summed E-state index contributed by atoms with van der Waals surface area (Å²) in [7, 11) is 0. The molecule has 1 N–H and O–H groups in total. The van der Waals surface area contributed by atoms with Crippen molar-refractivity contribution < 1.29 is 9.21 Å². The van der Waals surface area contributed by atoms with E-state index in [4.69, 9.17) is 27.6 Å². The maximum atomic E-state index is 12.1. The maximum Gasteiger partial charge on any atom is 0.266 e. The summed E-state index contributed by atoms with van der Waals surface area (Å²) in [5, 5.41) is 11.4. The molecule has 0 aliphatic heterocycles. The van der Waals surface area contributed by atoms with Crippen LogP contribution >= 0.6 is 23.2 Å². The van der Waals surface area contributed by atoms with E-state index in [9.17, 15) is 4.79 Å². The number of carbonyl (C=O) groups is 1. The van der Waals surface area contributed by atoms with Crippen molar-refractivity contribution in [2.45, 2.75) is 6.42 Å². The van der Waals surface area contributed by atoms with Crippen molar-refractivity contribution in [3.8, 4) is 11.6 Å². The van der Waals surface area contributed by atoms with E-state index in [-0.39, 0.29) is 5.91 Å². The highest BCUT2D eigenvalue weighted by Crippen LogP contribution is 2.20. The Balaban J connectivity index is 1.57. The minimum atomic E-state index is -0.291. The zero-order valence-corrected chi connectivity index (χ0v) is 13.9. The molecule has 0 unspecified atom stereocenters. The molecule has 0 bridgehead atoms.